The number of carbonyl (C=O) groups excluding carboxylic acids is 4. The third-order valence-corrected chi connectivity index (χ3v) is 4.42. The number of halogens is 1. The van der Waals surface area contributed by atoms with Crippen LogP contribution in [0.5, 0.6) is 0 Å². The summed E-state index contributed by atoms with van der Waals surface area (Å²) in [6.07, 6.45) is 0. The van der Waals surface area contributed by atoms with Crippen molar-refractivity contribution < 1.29 is 19.2 Å². The molecule has 3 N–H and O–H groups in total. The summed E-state index contributed by atoms with van der Waals surface area (Å²) in [6.45, 7) is 6.30. The predicted molar refractivity (Wildman–Crippen MR) is 98.2 cm³/mol. The quantitative estimate of drug-likeness (QED) is 0.643. The first-order valence-corrected chi connectivity index (χ1v) is 8.74. The van der Waals surface area contributed by atoms with E-state index in [1.807, 2.05) is 0 Å². The van der Waals surface area contributed by atoms with Gasteiger partial charge in [0.25, 0.3) is 5.91 Å². The topological polar surface area (TPSA) is 108 Å². The van der Waals surface area contributed by atoms with Crippen molar-refractivity contribution in [1.29, 1.82) is 0 Å². The summed E-state index contributed by atoms with van der Waals surface area (Å²) in [5.74, 6) is -1.33. The molecule has 26 heavy (non-hydrogen) atoms. The lowest BCUT2D eigenvalue weighted by Gasteiger charge is -2.23. The molecule has 1 aromatic rings. The molecular weight excluding hydrogens is 404 g/mol. The van der Waals surface area contributed by atoms with Gasteiger partial charge in [-0.05, 0) is 33.8 Å². The van der Waals surface area contributed by atoms with E-state index >= 15 is 0 Å². The highest BCUT2D eigenvalue weighted by Crippen LogP contribution is 2.33. The average Bonchev–Trinajstić information content (AvgIpc) is 2.69. The second-order valence-corrected chi connectivity index (χ2v) is 8.03. The normalized spacial score (nSPS) is 20.0. The van der Waals surface area contributed by atoms with Crippen LogP contribution in [0.25, 0.3) is 0 Å². The molecule has 0 spiro atoms. The van der Waals surface area contributed by atoms with Gasteiger partial charge in [0, 0.05) is 15.6 Å². The maximum atomic E-state index is 12.8. The summed E-state index contributed by atoms with van der Waals surface area (Å²) in [6, 6.07) is 5.62. The molecule has 1 atom stereocenters. The minimum Gasteiger partial charge on any atom is -0.333 e. The predicted octanol–water partition coefficient (Wildman–Crippen LogP) is 1.84. The van der Waals surface area contributed by atoms with Crippen molar-refractivity contribution in [2.45, 2.75) is 38.8 Å². The van der Waals surface area contributed by atoms with Crippen LogP contribution in [0, 0.1) is 0 Å². The average molecular weight is 425 g/mol. The van der Waals surface area contributed by atoms with Crippen molar-refractivity contribution in [2.75, 3.05) is 6.54 Å². The van der Waals surface area contributed by atoms with E-state index in [1.165, 1.54) is 0 Å². The summed E-state index contributed by atoms with van der Waals surface area (Å²) in [7, 11) is 0. The fraction of sp³-hybridized carbons (Fsp3) is 0.412. The molecule has 1 aliphatic heterocycles. The van der Waals surface area contributed by atoms with Gasteiger partial charge in [-0.1, -0.05) is 34.1 Å². The minimum absolute atomic E-state index is 0.524. The first-order valence-electron chi connectivity index (χ1n) is 7.95. The van der Waals surface area contributed by atoms with Crippen LogP contribution < -0.4 is 16.0 Å². The maximum absolute atomic E-state index is 12.8. The Bertz CT molecular complexity index is 774. The fourth-order valence-corrected chi connectivity index (χ4v) is 3.25. The van der Waals surface area contributed by atoms with Crippen molar-refractivity contribution in [3.8, 4) is 0 Å². The molecule has 1 aromatic carbocycles. The molecule has 6 amide bonds. The summed E-state index contributed by atoms with van der Waals surface area (Å²) in [5.41, 5.74) is -1.25. The number of carbonyl (C=O) groups is 4. The standard InChI is InChI=1S/C17H21BrN4O4/c1-16(2,3)20-14(25)19-12(23)9-22-13(24)17(4,21-15(22)26)10-7-5-6-8-11(10)18/h5-8H,9H2,1-4H3,(H,21,26)(H2,19,20,23,25). The number of amides is 6. The van der Waals surface area contributed by atoms with Crippen LogP contribution in [0.3, 0.4) is 0 Å². The van der Waals surface area contributed by atoms with E-state index in [2.05, 4.69) is 31.9 Å². The zero-order chi connectivity index (χ0) is 19.7. The van der Waals surface area contributed by atoms with Gasteiger partial charge in [0.1, 0.15) is 12.1 Å². The zero-order valence-corrected chi connectivity index (χ0v) is 16.6. The molecule has 1 aliphatic rings. The number of imide groups is 2. The van der Waals surface area contributed by atoms with Crippen LogP contribution in [-0.4, -0.2) is 40.9 Å². The molecule has 0 radical (unpaired) electrons. The Morgan fingerprint density at radius 1 is 1.23 bits per heavy atom. The summed E-state index contributed by atoms with van der Waals surface area (Å²) in [4.78, 5) is 49.6. The molecule has 1 heterocycles. The first kappa shape index (κ1) is 19.9. The van der Waals surface area contributed by atoms with E-state index in [1.54, 1.807) is 52.0 Å². The third kappa shape index (κ3) is 4.21. The molecule has 0 saturated carbocycles. The zero-order valence-electron chi connectivity index (χ0n) is 15.0. The van der Waals surface area contributed by atoms with Gasteiger partial charge in [0.15, 0.2) is 0 Å². The van der Waals surface area contributed by atoms with Gasteiger partial charge in [-0.3, -0.25) is 19.8 Å². The van der Waals surface area contributed by atoms with Gasteiger partial charge in [-0.25, -0.2) is 9.59 Å². The SMILES string of the molecule is CC(C)(C)NC(=O)NC(=O)CN1C(=O)NC(C)(c2ccccc2Br)C1=O. The third-order valence-electron chi connectivity index (χ3n) is 3.73. The van der Waals surface area contributed by atoms with Crippen LogP contribution in [0.4, 0.5) is 9.59 Å². The highest BCUT2D eigenvalue weighted by molar-refractivity contribution is 9.10. The van der Waals surface area contributed by atoms with E-state index in [9.17, 15) is 19.2 Å². The molecular formula is C17H21BrN4O4. The van der Waals surface area contributed by atoms with E-state index in [-0.39, 0.29) is 0 Å². The fourth-order valence-electron chi connectivity index (χ4n) is 2.57. The highest BCUT2D eigenvalue weighted by Gasteiger charge is 2.50. The van der Waals surface area contributed by atoms with Gasteiger partial charge < -0.3 is 10.6 Å². The van der Waals surface area contributed by atoms with Crippen molar-refractivity contribution in [3.05, 3.63) is 34.3 Å². The number of urea groups is 2. The lowest BCUT2D eigenvalue weighted by Crippen LogP contribution is -2.51. The first-order chi connectivity index (χ1) is 11.9. The monoisotopic (exact) mass is 424 g/mol. The van der Waals surface area contributed by atoms with E-state index < -0.39 is 41.5 Å². The maximum Gasteiger partial charge on any atom is 0.325 e. The van der Waals surface area contributed by atoms with Crippen LogP contribution >= 0.6 is 15.9 Å². The van der Waals surface area contributed by atoms with E-state index in [4.69, 9.17) is 0 Å². The Hall–Kier alpha value is -2.42. The molecule has 1 saturated heterocycles. The minimum atomic E-state index is -1.30. The molecule has 1 unspecified atom stereocenters. The Morgan fingerprint density at radius 3 is 2.42 bits per heavy atom. The number of benzene rings is 1. The summed E-state index contributed by atoms with van der Waals surface area (Å²) < 4.78 is 0.659. The second-order valence-electron chi connectivity index (χ2n) is 7.18. The van der Waals surface area contributed by atoms with E-state index in [0.717, 1.165) is 4.90 Å². The summed E-state index contributed by atoms with van der Waals surface area (Å²) >= 11 is 3.37. The van der Waals surface area contributed by atoms with E-state index in [0.29, 0.717) is 10.0 Å². The Kier molecular flexibility index (Phi) is 5.41. The molecule has 2 rings (SSSR count). The molecule has 140 valence electrons. The largest absolute Gasteiger partial charge is 0.333 e. The Balaban J connectivity index is 2.11. The van der Waals surface area contributed by atoms with Crippen molar-refractivity contribution >= 4 is 39.8 Å². The number of rotatable bonds is 3. The summed E-state index contributed by atoms with van der Waals surface area (Å²) in [5, 5.41) is 7.29. The van der Waals surface area contributed by atoms with Crippen molar-refractivity contribution in [2.24, 2.45) is 0 Å². The Labute approximate surface area is 159 Å². The molecule has 0 aromatic heterocycles. The lowest BCUT2D eigenvalue weighted by atomic mass is 9.92. The van der Waals surface area contributed by atoms with Gasteiger partial charge >= 0.3 is 12.1 Å². The molecule has 8 nitrogen and oxygen atoms in total. The van der Waals surface area contributed by atoms with Crippen LogP contribution in [0.15, 0.2) is 28.7 Å². The van der Waals surface area contributed by atoms with Crippen LogP contribution in [-0.2, 0) is 15.1 Å². The number of nitrogens with one attached hydrogen (secondary N) is 3. The van der Waals surface area contributed by atoms with Gasteiger partial charge in [0.05, 0.1) is 0 Å². The smallest absolute Gasteiger partial charge is 0.325 e. The van der Waals surface area contributed by atoms with Crippen LogP contribution in [0.2, 0.25) is 0 Å². The van der Waals surface area contributed by atoms with Gasteiger partial charge in [-0.15, -0.1) is 0 Å². The highest BCUT2D eigenvalue weighted by atomic mass is 79.9. The lowest BCUT2D eigenvalue weighted by molar-refractivity contribution is -0.134. The van der Waals surface area contributed by atoms with Gasteiger partial charge in [0.2, 0.25) is 5.91 Å². The number of nitrogens with zero attached hydrogens (tertiary/aromatic N) is 1. The van der Waals surface area contributed by atoms with Crippen molar-refractivity contribution in [1.82, 2.24) is 20.9 Å². The van der Waals surface area contributed by atoms with Gasteiger partial charge in [-0.2, -0.15) is 0 Å². The molecule has 1 fully saturated rings. The second kappa shape index (κ2) is 7.06. The van der Waals surface area contributed by atoms with Crippen molar-refractivity contribution in [3.63, 3.8) is 0 Å². The molecule has 9 heteroatoms. The Morgan fingerprint density at radius 2 is 1.85 bits per heavy atom. The molecule has 0 aliphatic carbocycles. The van der Waals surface area contributed by atoms with Crippen LogP contribution in [0.1, 0.15) is 33.3 Å². The number of hydrogen-bond acceptors (Lipinski definition) is 4. The number of hydrogen-bond donors (Lipinski definition) is 3. The molecule has 0 bridgehead atoms.